The predicted molar refractivity (Wildman–Crippen MR) is 129 cm³/mol. The Morgan fingerprint density at radius 1 is 1.19 bits per heavy atom. The Bertz CT molecular complexity index is 1300. The lowest BCUT2D eigenvalue weighted by Gasteiger charge is -2.26. The topological polar surface area (TPSA) is 82.9 Å². The van der Waals surface area contributed by atoms with E-state index in [4.69, 9.17) is 4.74 Å². The summed E-state index contributed by atoms with van der Waals surface area (Å²) >= 11 is 0. The molecule has 190 valence electrons. The summed E-state index contributed by atoms with van der Waals surface area (Å²) in [6.45, 7) is 1.07. The summed E-state index contributed by atoms with van der Waals surface area (Å²) in [5, 5.41) is 21.2. The summed E-state index contributed by atoms with van der Waals surface area (Å²) in [5.41, 5.74) is -0.624. The summed E-state index contributed by atoms with van der Waals surface area (Å²) in [6, 6.07) is 9.46. The highest BCUT2D eigenvalue weighted by atomic mass is 19.1. The summed E-state index contributed by atoms with van der Waals surface area (Å²) in [6.07, 6.45) is 2.36. The summed E-state index contributed by atoms with van der Waals surface area (Å²) in [7, 11) is 1.51. The van der Waals surface area contributed by atoms with E-state index in [9.17, 15) is 28.2 Å². The van der Waals surface area contributed by atoms with Gasteiger partial charge in [-0.2, -0.15) is 0 Å². The molecule has 2 atom stereocenters. The molecule has 0 saturated carbocycles. The summed E-state index contributed by atoms with van der Waals surface area (Å²) in [4.78, 5) is 18.3. The lowest BCUT2D eigenvalue weighted by molar-refractivity contribution is -0.149. The van der Waals surface area contributed by atoms with Gasteiger partial charge < -0.3 is 14.9 Å². The minimum atomic E-state index is -1.27. The van der Waals surface area contributed by atoms with Crippen LogP contribution in [-0.2, 0) is 4.79 Å². The van der Waals surface area contributed by atoms with Gasteiger partial charge >= 0.3 is 5.97 Å². The first-order valence-electron chi connectivity index (χ1n) is 11.6. The van der Waals surface area contributed by atoms with Crippen LogP contribution in [0.2, 0.25) is 0 Å². The number of ether oxygens (including phenoxy) is 1. The van der Waals surface area contributed by atoms with Crippen LogP contribution in [0.4, 0.5) is 13.2 Å². The van der Waals surface area contributed by atoms with Gasteiger partial charge in [0.25, 0.3) is 0 Å². The van der Waals surface area contributed by atoms with Crippen molar-refractivity contribution in [3.63, 3.8) is 0 Å². The van der Waals surface area contributed by atoms with Gasteiger partial charge in [0.05, 0.1) is 24.1 Å². The first kappa shape index (κ1) is 25.7. The zero-order valence-electron chi connectivity index (χ0n) is 19.8. The molecule has 4 rings (SSSR count). The van der Waals surface area contributed by atoms with Crippen molar-refractivity contribution in [1.82, 2.24) is 9.88 Å². The number of benzene rings is 2. The highest BCUT2D eigenvalue weighted by Crippen LogP contribution is 2.38. The van der Waals surface area contributed by atoms with E-state index in [0.29, 0.717) is 36.2 Å². The third-order valence-corrected chi connectivity index (χ3v) is 6.72. The van der Waals surface area contributed by atoms with Gasteiger partial charge in [-0.15, -0.1) is 0 Å². The molecule has 0 bridgehead atoms. The van der Waals surface area contributed by atoms with E-state index in [1.54, 1.807) is 24.3 Å². The molecule has 1 aromatic heterocycles. The number of fused-ring (bicyclic) bond motifs is 1. The van der Waals surface area contributed by atoms with Crippen LogP contribution in [0.25, 0.3) is 17.0 Å². The lowest BCUT2D eigenvalue weighted by Crippen LogP contribution is -2.35. The van der Waals surface area contributed by atoms with Gasteiger partial charge in [0, 0.05) is 24.0 Å². The number of pyridine rings is 1. The normalized spacial score (nSPS) is 19.2. The molecule has 0 radical (unpaired) electrons. The Labute approximate surface area is 206 Å². The molecule has 2 unspecified atom stereocenters. The quantitative estimate of drug-likeness (QED) is 0.432. The van der Waals surface area contributed by atoms with Crippen molar-refractivity contribution in [2.75, 3.05) is 26.7 Å². The van der Waals surface area contributed by atoms with Gasteiger partial charge in [-0.1, -0.05) is 12.2 Å². The van der Waals surface area contributed by atoms with E-state index >= 15 is 0 Å². The van der Waals surface area contributed by atoms with Crippen LogP contribution < -0.4 is 4.74 Å². The first-order chi connectivity index (χ1) is 17.2. The number of carbonyl (C=O) groups is 1. The molecule has 9 heteroatoms. The fraction of sp³-hybridized carbons (Fsp3) is 0.333. The molecule has 2 aromatic carbocycles. The Morgan fingerprint density at radius 2 is 2.00 bits per heavy atom. The molecule has 6 nitrogen and oxygen atoms in total. The molecular weight excluding hydrogens is 473 g/mol. The average molecular weight is 501 g/mol. The predicted octanol–water partition coefficient (Wildman–Crippen LogP) is 4.96. The van der Waals surface area contributed by atoms with Gasteiger partial charge in [-0.05, 0) is 68.3 Å². The summed E-state index contributed by atoms with van der Waals surface area (Å²) < 4.78 is 47.0. The molecule has 3 aromatic rings. The minimum absolute atomic E-state index is 0.0239. The van der Waals surface area contributed by atoms with Crippen molar-refractivity contribution in [1.29, 1.82) is 0 Å². The molecule has 1 aliphatic rings. The molecule has 0 spiro atoms. The molecule has 36 heavy (non-hydrogen) atoms. The number of carboxylic acid groups (broad SMARTS) is 1. The largest absolute Gasteiger partial charge is 0.497 e. The zero-order valence-corrected chi connectivity index (χ0v) is 19.8. The maximum atomic E-state index is 14.7. The van der Waals surface area contributed by atoms with Crippen molar-refractivity contribution in [2.24, 2.45) is 5.41 Å². The number of aliphatic hydroxyl groups excluding tert-OH is 1. The van der Waals surface area contributed by atoms with Crippen LogP contribution in [0, 0.1) is 22.9 Å². The van der Waals surface area contributed by atoms with E-state index in [0.717, 1.165) is 18.2 Å². The van der Waals surface area contributed by atoms with Crippen molar-refractivity contribution >= 4 is 22.9 Å². The number of hydrogen-bond acceptors (Lipinski definition) is 5. The van der Waals surface area contributed by atoms with E-state index < -0.39 is 34.9 Å². The number of carboxylic acids is 1. The molecule has 1 saturated heterocycles. The molecule has 2 heterocycles. The maximum Gasteiger partial charge on any atom is 0.310 e. The zero-order chi connectivity index (χ0) is 25.9. The number of aliphatic hydroxyl groups is 1. The average Bonchev–Trinajstić information content (AvgIpc) is 3.28. The number of likely N-dealkylation sites (tertiary alicyclic amines) is 1. The fourth-order valence-electron chi connectivity index (χ4n) is 4.62. The monoisotopic (exact) mass is 500 g/mol. The van der Waals surface area contributed by atoms with E-state index in [1.807, 2.05) is 4.90 Å². The Kier molecular flexibility index (Phi) is 7.61. The standard InChI is InChI=1S/C27H27F3N2O4/c1-36-20-5-7-23-18(14-20)15-22(30)25(31-23)24(33)8-9-27(26(34)35)10-12-32(16-27)11-2-3-17-13-19(28)4-6-21(17)29/h2-7,13-15,24,33H,8-12,16H2,1H3,(H,34,35). The molecule has 0 amide bonds. The van der Waals surface area contributed by atoms with Crippen molar-refractivity contribution in [3.8, 4) is 5.75 Å². The number of halogens is 3. The van der Waals surface area contributed by atoms with Crippen LogP contribution in [0.5, 0.6) is 5.75 Å². The third kappa shape index (κ3) is 5.52. The van der Waals surface area contributed by atoms with Gasteiger partial charge in [-0.25, -0.2) is 18.2 Å². The first-order valence-corrected chi connectivity index (χ1v) is 11.6. The number of hydrogen-bond donors (Lipinski definition) is 2. The number of aliphatic carboxylic acids is 1. The van der Waals surface area contributed by atoms with Crippen LogP contribution in [-0.4, -0.2) is 52.8 Å². The Morgan fingerprint density at radius 3 is 2.75 bits per heavy atom. The van der Waals surface area contributed by atoms with E-state index in [2.05, 4.69) is 4.98 Å². The lowest BCUT2D eigenvalue weighted by atomic mass is 9.81. The number of methoxy groups -OCH3 is 1. The Balaban J connectivity index is 1.41. The molecule has 2 N–H and O–H groups in total. The molecule has 1 aliphatic heterocycles. The second kappa shape index (κ2) is 10.7. The molecule has 0 aliphatic carbocycles. The molecular formula is C27H27F3N2O4. The SMILES string of the molecule is COc1ccc2nc(C(O)CCC3(C(=O)O)CCN(CC=Cc4cc(F)ccc4F)C3)c(F)cc2c1. The summed E-state index contributed by atoms with van der Waals surface area (Å²) in [5.74, 6) is -2.19. The number of nitrogens with zero attached hydrogens (tertiary/aromatic N) is 2. The van der Waals surface area contributed by atoms with Gasteiger partial charge in [0.15, 0.2) is 0 Å². The Hall–Kier alpha value is -3.43. The highest BCUT2D eigenvalue weighted by Gasteiger charge is 2.44. The maximum absolute atomic E-state index is 14.7. The van der Waals surface area contributed by atoms with Gasteiger partial charge in [0.2, 0.25) is 0 Å². The van der Waals surface area contributed by atoms with Crippen molar-refractivity contribution < 1.29 is 32.9 Å². The fourth-order valence-corrected chi connectivity index (χ4v) is 4.62. The van der Waals surface area contributed by atoms with Crippen LogP contribution >= 0.6 is 0 Å². The van der Waals surface area contributed by atoms with Crippen LogP contribution in [0.1, 0.15) is 36.6 Å². The number of aromatic nitrogens is 1. The van der Waals surface area contributed by atoms with Crippen LogP contribution in [0.15, 0.2) is 48.5 Å². The highest BCUT2D eigenvalue weighted by molar-refractivity contribution is 5.80. The minimum Gasteiger partial charge on any atom is -0.497 e. The second-order valence-electron chi connectivity index (χ2n) is 9.11. The van der Waals surface area contributed by atoms with E-state index in [1.165, 1.54) is 19.3 Å². The second-order valence-corrected chi connectivity index (χ2v) is 9.11. The van der Waals surface area contributed by atoms with Crippen molar-refractivity contribution in [3.05, 3.63) is 77.2 Å². The third-order valence-electron chi connectivity index (χ3n) is 6.72. The van der Waals surface area contributed by atoms with Crippen molar-refractivity contribution in [2.45, 2.75) is 25.4 Å². The van der Waals surface area contributed by atoms with E-state index in [-0.39, 0.29) is 30.6 Å². The molecule has 1 fully saturated rings. The number of rotatable bonds is 9. The van der Waals surface area contributed by atoms with Gasteiger partial charge in [-0.3, -0.25) is 9.69 Å². The smallest absolute Gasteiger partial charge is 0.310 e. The van der Waals surface area contributed by atoms with Gasteiger partial charge in [0.1, 0.15) is 28.9 Å². The van der Waals surface area contributed by atoms with Crippen LogP contribution in [0.3, 0.4) is 0 Å².